The number of anilines is 1. The number of aromatic amines is 1. The smallest absolute Gasteiger partial charge is 0.261 e. The summed E-state index contributed by atoms with van der Waals surface area (Å²) in [6.07, 6.45) is 2.88. The lowest BCUT2D eigenvalue weighted by Gasteiger charge is -2.13. The van der Waals surface area contributed by atoms with Crippen molar-refractivity contribution < 1.29 is 14.4 Å². The summed E-state index contributed by atoms with van der Waals surface area (Å²) in [6, 6.07) is 14.2. The van der Waals surface area contributed by atoms with E-state index in [0.29, 0.717) is 35.0 Å². The highest BCUT2D eigenvalue weighted by Gasteiger charge is 2.34. The SMILES string of the molecule is O=C(CCCN1C(=O)c2ccccc2C1=O)Nc1cccc(-c2n[nH]c(C3CC3)n2)c1. The maximum absolute atomic E-state index is 12.4. The Balaban J connectivity index is 1.16. The Bertz CT molecular complexity index is 1150. The van der Waals surface area contributed by atoms with Gasteiger partial charge >= 0.3 is 0 Å². The number of rotatable bonds is 7. The number of hydrogen-bond donors (Lipinski definition) is 2. The normalized spacial score (nSPS) is 15.3. The number of H-pyrrole nitrogens is 1. The molecule has 1 aromatic heterocycles. The molecule has 1 fully saturated rings. The number of benzene rings is 2. The molecule has 2 heterocycles. The number of hydrogen-bond acceptors (Lipinski definition) is 5. The molecule has 2 aromatic carbocycles. The van der Waals surface area contributed by atoms with Gasteiger partial charge in [-0.25, -0.2) is 4.98 Å². The predicted molar refractivity (Wildman–Crippen MR) is 113 cm³/mol. The molecular weight excluding hydrogens is 394 g/mol. The van der Waals surface area contributed by atoms with E-state index in [1.807, 2.05) is 18.2 Å². The molecule has 8 nitrogen and oxygen atoms in total. The van der Waals surface area contributed by atoms with Gasteiger partial charge in [-0.3, -0.25) is 24.4 Å². The third-order valence-corrected chi connectivity index (χ3v) is 5.54. The lowest BCUT2D eigenvalue weighted by atomic mass is 10.1. The number of imide groups is 1. The summed E-state index contributed by atoms with van der Waals surface area (Å²) in [5.74, 6) is 1.24. The minimum Gasteiger partial charge on any atom is -0.326 e. The molecular formula is C23H21N5O3. The second kappa shape index (κ2) is 7.79. The first-order chi connectivity index (χ1) is 15.1. The van der Waals surface area contributed by atoms with Crippen molar-refractivity contribution in [2.45, 2.75) is 31.6 Å². The van der Waals surface area contributed by atoms with Crippen molar-refractivity contribution in [2.75, 3.05) is 11.9 Å². The first-order valence-electron chi connectivity index (χ1n) is 10.4. The second-order valence-electron chi connectivity index (χ2n) is 7.86. The van der Waals surface area contributed by atoms with E-state index in [-0.39, 0.29) is 30.7 Å². The molecule has 0 unspecified atom stereocenters. The summed E-state index contributed by atoms with van der Waals surface area (Å²) in [5, 5.41) is 10.1. The van der Waals surface area contributed by atoms with Crippen LogP contribution in [0.1, 0.15) is 58.1 Å². The highest BCUT2D eigenvalue weighted by molar-refractivity contribution is 6.21. The van der Waals surface area contributed by atoms with Crippen LogP contribution in [0.25, 0.3) is 11.4 Å². The fraction of sp³-hybridized carbons (Fsp3) is 0.261. The fourth-order valence-electron chi connectivity index (χ4n) is 3.74. The molecule has 31 heavy (non-hydrogen) atoms. The minimum atomic E-state index is -0.300. The fourth-order valence-corrected chi connectivity index (χ4v) is 3.74. The average molecular weight is 415 g/mol. The number of carbonyl (C=O) groups excluding carboxylic acids is 3. The van der Waals surface area contributed by atoms with Crippen LogP contribution in [0.4, 0.5) is 5.69 Å². The van der Waals surface area contributed by atoms with E-state index in [4.69, 9.17) is 0 Å². The monoisotopic (exact) mass is 415 g/mol. The molecule has 156 valence electrons. The van der Waals surface area contributed by atoms with Gasteiger partial charge in [-0.15, -0.1) is 0 Å². The standard InChI is InChI=1S/C23H21N5O3/c29-19(9-4-12-28-22(30)17-7-1-2-8-18(17)23(28)31)24-16-6-3-5-15(13-16)21-25-20(26-27-21)14-10-11-14/h1-3,5-8,13-14H,4,9-12H2,(H,24,29)(H,25,26,27). The van der Waals surface area contributed by atoms with Crippen molar-refractivity contribution in [1.82, 2.24) is 20.1 Å². The maximum atomic E-state index is 12.4. The van der Waals surface area contributed by atoms with Gasteiger partial charge in [-0.1, -0.05) is 24.3 Å². The lowest BCUT2D eigenvalue weighted by Crippen LogP contribution is -2.31. The molecule has 5 rings (SSSR count). The first-order valence-corrected chi connectivity index (χ1v) is 10.4. The molecule has 0 spiro atoms. The van der Waals surface area contributed by atoms with Crippen molar-refractivity contribution in [3.05, 3.63) is 65.5 Å². The number of fused-ring (bicyclic) bond motifs is 1. The number of nitrogens with one attached hydrogen (secondary N) is 2. The van der Waals surface area contributed by atoms with Crippen LogP contribution < -0.4 is 5.32 Å². The summed E-state index contributed by atoms with van der Waals surface area (Å²) in [4.78, 5) is 42.9. The van der Waals surface area contributed by atoms with Gasteiger partial charge in [0, 0.05) is 30.1 Å². The molecule has 2 N–H and O–H groups in total. The predicted octanol–water partition coefficient (Wildman–Crippen LogP) is 3.36. The van der Waals surface area contributed by atoms with Gasteiger partial charge in [0.1, 0.15) is 5.82 Å². The molecule has 1 saturated carbocycles. The summed E-state index contributed by atoms with van der Waals surface area (Å²) >= 11 is 0. The van der Waals surface area contributed by atoms with E-state index in [0.717, 1.165) is 24.2 Å². The van der Waals surface area contributed by atoms with Crippen molar-refractivity contribution >= 4 is 23.4 Å². The Labute approximate surface area is 178 Å². The molecule has 3 aromatic rings. The minimum absolute atomic E-state index is 0.178. The number of amides is 3. The Morgan fingerprint density at radius 1 is 1.06 bits per heavy atom. The Morgan fingerprint density at radius 2 is 1.81 bits per heavy atom. The van der Waals surface area contributed by atoms with E-state index in [9.17, 15) is 14.4 Å². The second-order valence-corrected chi connectivity index (χ2v) is 7.86. The summed E-state index contributed by atoms with van der Waals surface area (Å²) in [6.45, 7) is 0.209. The molecule has 0 atom stereocenters. The first kappa shape index (κ1) is 19.2. The van der Waals surface area contributed by atoms with Gasteiger partial charge in [0.05, 0.1) is 11.1 Å². The highest BCUT2D eigenvalue weighted by atomic mass is 16.2. The molecule has 3 amide bonds. The zero-order chi connectivity index (χ0) is 21.4. The third-order valence-electron chi connectivity index (χ3n) is 5.54. The van der Waals surface area contributed by atoms with Gasteiger partial charge < -0.3 is 5.32 Å². The molecule has 1 aliphatic heterocycles. The van der Waals surface area contributed by atoms with Crippen LogP contribution in [0.15, 0.2) is 48.5 Å². The van der Waals surface area contributed by atoms with Crippen LogP contribution in [0.2, 0.25) is 0 Å². The van der Waals surface area contributed by atoms with Crippen molar-refractivity contribution in [3.63, 3.8) is 0 Å². The third kappa shape index (κ3) is 3.84. The zero-order valence-electron chi connectivity index (χ0n) is 16.8. The van der Waals surface area contributed by atoms with Crippen LogP contribution >= 0.6 is 0 Å². The van der Waals surface area contributed by atoms with E-state index >= 15 is 0 Å². The number of nitrogens with zero attached hydrogens (tertiary/aromatic N) is 3. The van der Waals surface area contributed by atoms with Crippen LogP contribution in [0.5, 0.6) is 0 Å². The van der Waals surface area contributed by atoms with Crippen LogP contribution in [-0.2, 0) is 4.79 Å². The lowest BCUT2D eigenvalue weighted by molar-refractivity contribution is -0.116. The number of aromatic nitrogens is 3. The summed E-state index contributed by atoms with van der Waals surface area (Å²) < 4.78 is 0. The van der Waals surface area contributed by atoms with Crippen molar-refractivity contribution in [1.29, 1.82) is 0 Å². The van der Waals surface area contributed by atoms with Gasteiger partial charge in [-0.2, -0.15) is 5.10 Å². The van der Waals surface area contributed by atoms with E-state index in [1.54, 1.807) is 30.3 Å². The molecule has 0 saturated heterocycles. The van der Waals surface area contributed by atoms with Crippen LogP contribution in [-0.4, -0.2) is 44.3 Å². The maximum Gasteiger partial charge on any atom is 0.261 e. The number of carbonyl (C=O) groups is 3. The summed E-state index contributed by atoms with van der Waals surface area (Å²) in [7, 11) is 0. The average Bonchev–Trinajstić information content (AvgIpc) is 3.46. The molecule has 8 heteroatoms. The van der Waals surface area contributed by atoms with Gasteiger partial charge in [0.25, 0.3) is 11.8 Å². The Kier molecular flexibility index (Phi) is 4.82. The molecule has 2 aliphatic rings. The summed E-state index contributed by atoms with van der Waals surface area (Å²) in [5.41, 5.74) is 2.32. The molecule has 1 aliphatic carbocycles. The van der Waals surface area contributed by atoms with E-state index in [2.05, 4.69) is 20.5 Å². The Morgan fingerprint density at radius 3 is 2.52 bits per heavy atom. The van der Waals surface area contributed by atoms with E-state index < -0.39 is 0 Å². The van der Waals surface area contributed by atoms with Crippen LogP contribution in [0.3, 0.4) is 0 Å². The van der Waals surface area contributed by atoms with Crippen molar-refractivity contribution in [2.24, 2.45) is 0 Å². The largest absolute Gasteiger partial charge is 0.326 e. The van der Waals surface area contributed by atoms with Gasteiger partial charge in [0.15, 0.2) is 5.82 Å². The zero-order valence-corrected chi connectivity index (χ0v) is 16.8. The topological polar surface area (TPSA) is 108 Å². The molecule has 0 bridgehead atoms. The van der Waals surface area contributed by atoms with E-state index in [1.165, 1.54) is 4.90 Å². The van der Waals surface area contributed by atoms with Crippen molar-refractivity contribution in [3.8, 4) is 11.4 Å². The van der Waals surface area contributed by atoms with Gasteiger partial charge in [0.2, 0.25) is 5.91 Å². The van der Waals surface area contributed by atoms with Crippen LogP contribution in [0, 0.1) is 0 Å². The van der Waals surface area contributed by atoms with Gasteiger partial charge in [-0.05, 0) is 43.5 Å². The molecule has 0 radical (unpaired) electrons. The quantitative estimate of drug-likeness (QED) is 0.575. The Hall–Kier alpha value is -3.81. The highest BCUT2D eigenvalue weighted by Crippen LogP contribution is 2.38.